The fourth-order valence-corrected chi connectivity index (χ4v) is 3.92. The second-order valence-electron chi connectivity index (χ2n) is 5.05. The van der Waals surface area contributed by atoms with E-state index in [4.69, 9.17) is 10.5 Å². The molecular weight excluding hydrogens is 288 g/mol. The van der Waals surface area contributed by atoms with Crippen molar-refractivity contribution in [1.82, 2.24) is 4.31 Å². The molecule has 1 aliphatic rings. The smallest absolute Gasteiger partial charge is 0.271 e. The van der Waals surface area contributed by atoms with E-state index in [9.17, 15) is 8.42 Å². The summed E-state index contributed by atoms with van der Waals surface area (Å²) in [5.74, 6) is 0. The lowest BCUT2D eigenvalue weighted by Gasteiger charge is -2.32. The molecule has 0 saturated carbocycles. The van der Waals surface area contributed by atoms with Crippen LogP contribution in [0.3, 0.4) is 0 Å². The lowest BCUT2D eigenvalue weighted by Crippen LogP contribution is -2.44. The predicted molar refractivity (Wildman–Crippen MR) is 78.4 cm³/mol. The number of nitriles is 2. The van der Waals surface area contributed by atoms with Crippen LogP contribution in [0.5, 0.6) is 0 Å². The molecule has 1 aromatic rings. The van der Waals surface area contributed by atoms with E-state index in [1.165, 1.54) is 22.5 Å². The van der Waals surface area contributed by atoms with E-state index in [1.54, 1.807) is 0 Å². The molecule has 1 aromatic carbocycles. The average Bonchev–Trinajstić information content (AvgIpc) is 2.47. The maximum atomic E-state index is 12.4. The number of benzene rings is 1. The van der Waals surface area contributed by atoms with Gasteiger partial charge in [-0.25, -0.2) is 0 Å². The van der Waals surface area contributed by atoms with E-state index >= 15 is 0 Å². The van der Waals surface area contributed by atoms with Gasteiger partial charge in [-0.1, -0.05) is 6.42 Å². The largest absolute Gasteiger partial charge is 0.301 e. The van der Waals surface area contributed by atoms with Crippen molar-refractivity contribution in [3.63, 3.8) is 0 Å². The van der Waals surface area contributed by atoms with E-state index < -0.39 is 10.2 Å². The molecule has 21 heavy (non-hydrogen) atoms. The first kappa shape index (κ1) is 15.3. The fraction of sp³-hybridized carbons (Fsp3) is 0.429. The van der Waals surface area contributed by atoms with Crippen LogP contribution in [0.4, 0.5) is 5.69 Å². The Morgan fingerprint density at radius 3 is 2.57 bits per heavy atom. The number of anilines is 1. The molecule has 1 atom stereocenters. The highest BCUT2D eigenvalue weighted by molar-refractivity contribution is 7.90. The molecule has 1 aliphatic heterocycles. The van der Waals surface area contributed by atoms with Gasteiger partial charge < -0.3 is 0 Å². The first-order chi connectivity index (χ1) is 9.97. The van der Waals surface area contributed by atoms with Gasteiger partial charge in [0.2, 0.25) is 0 Å². The van der Waals surface area contributed by atoms with E-state index in [-0.39, 0.29) is 17.2 Å². The van der Waals surface area contributed by atoms with Crippen LogP contribution in [0.2, 0.25) is 0 Å². The van der Waals surface area contributed by atoms with Crippen LogP contribution in [-0.2, 0) is 10.2 Å². The molecule has 110 valence electrons. The van der Waals surface area contributed by atoms with Crippen molar-refractivity contribution in [1.29, 1.82) is 10.5 Å². The number of nitrogens with one attached hydrogen (secondary N) is 1. The van der Waals surface area contributed by atoms with E-state index in [0.29, 0.717) is 12.2 Å². The Morgan fingerprint density at radius 1 is 1.24 bits per heavy atom. The lowest BCUT2D eigenvalue weighted by atomic mass is 10.1. The van der Waals surface area contributed by atoms with Gasteiger partial charge in [-0.3, -0.25) is 4.72 Å². The molecular formula is C14H16N4O2S. The van der Waals surface area contributed by atoms with E-state index in [1.807, 2.05) is 19.1 Å². The molecule has 1 N–H and O–H groups in total. The van der Waals surface area contributed by atoms with Crippen LogP contribution in [0.25, 0.3) is 0 Å². The summed E-state index contributed by atoms with van der Waals surface area (Å²) in [6.07, 6.45) is 2.72. The Hall–Kier alpha value is -2.09. The predicted octanol–water partition coefficient (Wildman–Crippen LogP) is 1.96. The second kappa shape index (κ2) is 6.13. The second-order valence-corrected chi connectivity index (χ2v) is 6.67. The normalized spacial score (nSPS) is 19.5. The minimum Gasteiger partial charge on any atom is -0.271 e. The zero-order valence-electron chi connectivity index (χ0n) is 11.7. The SMILES string of the molecule is CC1CCCCN1S(=O)(=O)Nc1ccc(C#N)c(C#N)c1. The molecule has 1 saturated heterocycles. The Bertz CT molecular complexity index is 715. The molecule has 6 nitrogen and oxygen atoms in total. The summed E-state index contributed by atoms with van der Waals surface area (Å²) in [6, 6.07) is 8.06. The van der Waals surface area contributed by atoms with Crippen LogP contribution in [0.1, 0.15) is 37.3 Å². The van der Waals surface area contributed by atoms with Crippen LogP contribution < -0.4 is 4.72 Å². The summed E-state index contributed by atoms with van der Waals surface area (Å²) >= 11 is 0. The Labute approximate surface area is 124 Å². The van der Waals surface area contributed by atoms with Crippen molar-refractivity contribution in [2.24, 2.45) is 0 Å². The molecule has 1 fully saturated rings. The van der Waals surface area contributed by atoms with Crippen molar-refractivity contribution in [3.8, 4) is 12.1 Å². The monoisotopic (exact) mass is 304 g/mol. The van der Waals surface area contributed by atoms with Gasteiger partial charge in [0.25, 0.3) is 0 Å². The molecule has 0 spiro atoms. The third kappa shape index (κ3) is 3.33. The maximum absolute atomic E-state index is 12.4. The van der Waals surface area contributed by atoms with Gasteiger partial charge >= 0.3 is 10.2 Å². The van der Waals surface area contributed by atoms with Crippen molar-refractivity contribution in [2.75, 3.05) is 11.3 Å². The molecule has 0 radical (unpaired) electrons. The summed E-state index contributed by atoms with van der Waals surface area (Å²) in [5.41, 5.74) is 0.680. The van der Waals surface area contributed by atoms with Crippen LogP contribution in [0.15, 0.2) is 18.2 Å². The van der Waals surface area contributed by atoms with Gasteiger partial charge in [0, 0.05) is 12.6 Å². The first-order valence-electron chi connectivity index (χ1n) is 6.72. The highest BCUT2D eigenvalue weighted by Gasteiger charge is 2.29. The Morgan fingerprint density at radius 2 is 1.95 bits per heavy atom. The summed E-state index contributed by atoms with van der Waals surface area (Å²) in [6.45, 7) is 2.38. The van der Waals surface area contributed by atoms with Gasteiger partial charge in [-0.15, -0.1) is 0 Å². The van der Waals surface area contributed by atoms with Crippen LogP contribution >= 0.6 is 0 Å². The highest BCUT2D eigenvalue weighted by atomic mass is 32.2. The lowest BCUT2D eigenvalue weighted by molar-refractivity contribution is 0.270. The van der Waals surface area contributed by atoms with Crippen LogP contribution in [0, 0.1) is 22.7 Å². The van der Waals surface area contributed by atoms with Gasteiger partial charge in [0.1, 0.15) is 12.1 Å². The quantitative estimate of drug-likeness (QED) is 0.923. The molecule has 7 heteroatoms. The zero-order chi connectivity index (χ0) is 15.5. The van der Waals surface area contributed by atoms with Gasteiger partial charge in [0.15, 0.2) is 0 Å². The van der Waals surface area contributed by atoms with Gasteiger partial charge in [0.05, 0.1) is 16.8 Å². The number of piperidine rings is 1. The topological polar surface area (TPSA) is 97.0 Å². The number of nitrogens with zero attached hydrogens (tertiary/aromatic N) is 3. The molecule has 0 amide bonds. The minimum atomic E-state index is -3.64. The molecule has 1 unspecified atom stereocenters. The van der Waals surface area contributed by atoms with E-state index in [0.717, 1.165) is 19.3 Å². The van der Waals surface area contributed by atoms with Gasteiger partial charge in [-0.05, 0) is 38.0 Å². The maximum Gasteiger partial charge on any atom is 0.301 e. The number of hydrogen-bond acceptors (Lipinski definition) is 4. The summed E-state index contributed by atoms with van der Waals surface area (Å²) < 4.78 is 28.7. The summed E-state index contributed by atoms with van der Waals surface area (Å²) in [4.78, 5) is 0. The third-order valence-corrected chi connectivity index (χ3v) is 5.21. The molecule has 0 aliphatic carbocycles. The molecule has 0 aromatic heterocycles. The molecule has 1 heterocycles. The van der Waals surface area contributed by atoms with E-state index in [2.05, 4.69) is 4.72 Å². The summed E-state index contributed by atoms with van der Waals surface area (Å²) in [5, 5.41) is 17.8. The number of hydrogen-bond donors (Lipinski definition) is 1. The van der Waals surface area contributed by atoms with Crippen LogP contribution in [-0.4, -0.2) is 25.3 Å². The summed E-state index contributed by atoms with van der Waals surface area (Å²) in [7, 11) is -3.64. The minimum absolute atomic E-state index is 0.0370. The molecule has 2 rings (SSSR count). The van der Waals surface area contributed by atoms with Crippen molar-refractivity contribution >= 4 is 15.9 Å². The Kier molecular flexibility index (Phi) is 4.46. The third-order valence-electron chi connectivity index (χ3n) is 3.56. The van der Waals surface area contributed by atoms with Crippen molar-refractivity contribution in [2.45, 2.75) is 32.2 Å². The first-order valence-corrected chi connectivity index (χ1v) is 8.16. The average molecular weight is 304 g/mol. The fourth-order valence-electron chi connectivity index (χ4n) is 2.43. The molecule has 0 bridgehead atoms. The number of rotatable bonds is 3. The highest BCUT2D eigenvalue weighted by Crippen LogP contribution is 2.22. The van der Waals surface area contributed by atoms with Gasteiger partial charge in [-0.2, -0.15) is 23.2 Å². The Balaban J connectivity index is 2.25. The zero-order valence-corrected chi connectivity index (χ0v) is 12.5. The standard InChI is InChI=1S/C14H16N4O2S/c1-11-4-2-3-7-18(11)21(19,20)17-14-6-5-12(9-15)13(8-14)10-16/h5-6,8,11,17H,2-4,7H2,1H3. The van der Waals surface area contributed by atoms with Crippen molar-refractivity contribution in [3.05, 3.63) is 29.3 Å². The van der Waals surface area contributed by atoms with Crippen molar-refractivity contribution < 1.29 is 8.42 Å².